The lowest BCUT2D eigenvalue weighted by Gasteiger charge is -2.17. The highest BCUT2D eigenvalue weighted by Gasteiger charge is 2.13. The van der Waals surface area contributed by atoms with Crippen molar-refractivity contribution in [1.82, 2.24) is 20.6 Å². The average molecular weight is 353 g/mol. The monoisotopic (exact) mass is 353 g/mol. The summed E-state index contributed by atoms with van der Waals surface area (Å²) in [6.07, 6.45) is 3.23. The molecule has 1 amide bonds. The van der Waals surface area contributed by atoms with Gasteiger partial charge in [0.05, 0.1) is 0 Å². The molecule has 0 aliphatic heterocycles. The Labute approximate surface area is 154 Å². The number of nitrogens with two attached hydrogens (primary N) is 1. The Morgan fingerprint density at radius 2 is 2.12 bits per heavy atom. The zero-order valence-electron chi connectivity index (χ0n) is 15.9. The lowest BCUT2D eigenvalue weighted by molar-refractivity contribution is 0.0958. The molecule has 2 aromatic rings. The SMILES string of the molecule is C=C(N[C@H](C)CC)c1cc(Cc2ccnc(N)c2C)nc(C(=O)NC)c1. The van der Waals surface area contributed by atoms with Gasteiger partial charge in [-0.15, -0.1) is 0 Å². The molecule has 2 aromatic heterocycles. The largest absolute Gasteiger partial charge is 0.383 e. The Morgan fingerprint density at radius 3 is 2.77 bits per heavy atom. The molecule has 0 saturated carbocycles. The van der Waals surface area contributed by atoms with Crippen LogP contribution in [0.4, 0.5) is 5.82 Å². The van der Waals surface area contributed by atoms with E-state index in [-0.39, 0.29) is 5.91 Å². The van der Waals surface area contributed by atoms with Crippen LogP contribution < -0.4 is 16.4 Å². The summed E-state index contributed by atoms with van der Waals surface area (Å²) >= 11 is 0. The fourth-order valence-electron chi connectivity index (χ4n) is 2.56. The molecule has 6 nitrogen and oxygen atoms in total. The second kappa shape index (κ2) is 8.47. The highest BCUT2D eigenvalue weighted by Crippen LogP contribution is 2.20. The number of carbonyl (C=O) groups excluding carboxylic acids is 1. The molecular weight excluding hydrogens is 326 g/mol. The molecule has 2 rings (SSSR count). The van der Waals surface area contributed by atoms with Crippen LogP contribution in [0.25, 0.3) is 5.70 Å². The van der Waals surface area contributed by atoms with Crippen LogP contribution in [0.15, 0.2) is 31.0 Å². The molecule has 4 N–H and O–H groups in total. The number of nitrogens with zero attached hydrogens (tertiary/aromatic N) is 2. The molecule has 0 unspecified atom stereocenters. The van der Waals surface area contributed by atoms with Crippen LogP contribution >= 0.6 is 0 Å². The number of rotatable bonds is 7. The van der Waals surface area contributed by atoms with Crippen LogP contribution in [-0.4, -0.2) is 29.0 Å². The summed E-state index contributed by atoms with van der Waals surface area (Å²) < 4.78 is 0. The van der Waals surface area contributed by atoms with Crippen LogP contribution in [-0.2, 0) is 6.42 Å². The van der Waals surface area contributed by atoms with Gasteiger partial charge in [0.25, 0.3) is 5.91 Å². The number of hydrogen-bond donors (Lipinski definition) is 3. The van der Waals surface area contributed by atoms with E-state index in [9.17, 15) is 4.79 Å². The van der Waals surface area contributed by atoms with Crippen molar-refractivity contribution in [1.29, 1.82) is 0 Å². The molecule has 0 fully saturated rings. The summed E-state index contributed by atoms with van der Waals surface area (Å²) in [5, 5.41) is 5.99. The molecule has 6 heteroatoms. The first-order chi connectivity index (χ1) is 12.3. The first-order valence-corrected chi connectivity index (χ1v) is 8.74. The standard InChI is InChI=1S/C20H27N5O/c1-6-12(2)24-14(4)16-10-17(25-18(11-16)20(26)22-5)9-15-7-8-23-19(21)13(15)3/h7-8,10-12,24H,4,6,9H2,1-3,5H3,(H2,21,23)(H,22,26)/t12-/m1/s1. The molecule has 0 aliphatic rings. The lowest BCUT2D eigenvalue weighted by Crippen LogP contribution is -2.24. The molecule has 0 bridgehead atoms. The minimum atomic E-state index is -0.226. The third-order valence-corrected chi connectivity index (χ3v) is 4.45. The number of hydrogen-bond acceptors (Lipinski definition) is 5. The Hall–Kier alpha value is -2.89. The molecule has 0 radical (unpaired) electrons. The van der Waals surface area contributed by atoms with Gasteiger partial charge in [0, 0.05) is 42.7 Å². The summed E-state index contributed by atoms with van der Waals surface area (Å²) in [5.41, 5.74) is 10.6. The molecular formula is C20H27N5O. The maximum atomic E-state index is 12.1. The summed E-state index contributed by atoms with van der Waals surface area (Å²) in [6, 6.07) is 5.93. The highest BCUT2D eigenvalue weighted by atomic mass is 16.1. The van der Waals surface area contributed by atoms with Gasteiger partial charge in [0.2, 0.25) is 0 Å². The lowest BCUT2D eigenvalue weighted by atomic mass is 10.0. The second-order valence-electron chi connectivity index (χ2n) is 6.40. The zero-order chi connectivity index (χ0) is 19.3. The maximum Gasteiger partial charge on any atom is 0.269 e. The maximum absolute atomic E-state index is 12.1. The van der Waals surface area contributed by atoms with Gasteiger partial charge in [-0.3, -0.25) is 4.79 Å². The van der Waals surface area contributed by atoms with E-state index in [1.54, 1.807) is 19.3 Å². The Kier molecular flexibility index (Phi) is 6.33. The van der Waals surface area contributed by atoms with Gasteiger partial charge in [-0.05, 0) is 49.6 Å². The highest BCUT2D eigenvalue weighted by molar-refractivity contribution is 5.93. The Bertz CT molecular complexity index is 816. The molecule has 0 aromatic carbocycles. The smallest absolute Gasteiger partial charge is 0.269 e. The number of nitrogens with one attached hydrogen (secondary N) is 2. The van der Waals surface area contributed by atoms with E-state index < -0.39 is 0 Å². The third-order valence-electron chi connectivity index (χ3n) is 4.45. The molecule has 138 valence electrons. The van der Waals surface area contributed by atoms with Gasteiger partial charge < -0.3 is 16.4 Å². The molecule has 0 spiro atoms. The quantitative estimate of drug-likeness (QED) is 0.712. The molecule has 0 aliphatic carbocycles. The van der Waals surface area contributed by atoms with Gasteiger partial charge in [-0.1, -0.05) is 13.5 Å². The summed E-state index contributed by atoms with van der Waals surface area (Å²) in [6.45, 7) is 10.3. The summed E-state index contributed by atoms with van der Waals surface area (Å²) in [7, 11) is 1.59. The summed E-state index contributed by atoms with van der Waals surface area (Å²) in [5.74, 6) is 0.281. The first-order valence-electron chi connectivity index (χ1n) is 8.74. The van der Waals surface area contributed by atoms with Crippen molar-refractivity contribution in [2.45, 2.75) is 39.7 Å². The van der Waals surface area contributed by atoms with Crippen molar-refractivity contribution in [2.75, 3.05) is 12.8 Å². The number of amides is 1. The minimum absolute atomic E-state index is 0.226. The van der Waals surface area contributed by atoms with Crippen LogP contribution in [0.3, 0.4) is 0 Å². The van der Waals surface area contributed by atoms with Crippen molar-refractivity contribution in [3.05, 3.63) is 59.1 Å². The number of anilines is 1. The number of pyridine rings is 2. The van der Waals surface area contributed by atoms with Gasteiger partial charge in [-0.2, -0.15) is 0 Å². The Balaban J connectivity index is 2.41. The van der Waals surface area contributed by atoms with Crippen molar-refractivity contribution in [3.63, 3.8) is 0 Å². The van der Waals surface area contributed by atoms with E-state index in [1.807, 2.05) is 19.1 Å². The van der Waals surface area contributed by atoms with Crippen molar-refractivity contribution in [3.8, 4) is 0 Å². The van der Waals surface area contributed by atoms with Crippen molar-refractivity contribution < 1.29 is 4.79 Å². The minimum Gasteiger partial charge on any atom is -0.383 e. The van der Waals surface area contributed by atoms with E-state index in [4.69, 9.17) is 5.73 Å². The van der Waals surface area contributed by atoms with Gasteiger partial charge in [0.15, 0.2) is 0 Å². The van der Waals surface area contributed by atoms with E-state index in [1.165, 1.54) is 0 Å². The fourth-order valence-corrected chi connectivity index (χ4v) is 2.56. The van der Waals surface area contributed by atoms with Crippen molar-refractivity contribution in [2.24, 2.45) is 0 Å². The molecule has 2 heterocycles. The van der Waals surface area contributed by atoms with Gasteiger partial charge >= 0.3 is 0 Å². The van der Waals surface area contributed by atoms with E-state index >= 15 is 0 Å². The van der Waals surface area contributed by atoms with E-state index in [0.29, 0.717) is 24.0 Å². The number of aromatic nitrogens is 2. The van der Waals surface area contributed by atoms with Crippen molar-refractivity contribution >= 4 is 17.4 Å². The normalized spacial score (nSPS) is 11.7. The van der Waals surface area contributed by atoms with E-state index in [2.05, 4.69) is 41.0 Å². The van der Waals surface area contributed by atoms with Gasteiger partial charge in [0.1, 0.15) is 11.5 Å². The molecule has 1 atom stereocenters. The average Bonchev–Trinajstić information content (AvgIpc) is 2.64. The molecule has 26 heavy (non-hydrogen) atoms. The molecule has 0 saturated heterocycles. The van der Waals surface area contributed by atoms with Gasteiger partial charge in [-0.25, -0.2) is 9.97 Å². The van der Waals surface area contributed by atoms with Crippen LogP contribution in [0.1, 0.15) is 53.1 Å². The predicted octanol–water partition coefficient (Wildman–Crippen LogP) is 2.68. The second-order valence-corrected chi connectivity index (χ2v) is 6.40. The van der Waals surface area contributed by atoms with E-state index in [0.717, 1.165) is 34.5 Å². The van der Waals surface area contributed by atoms with Crippen LogP contribution in [0.2, 0.25) is 0 Å². The number of carbonyl (C=O) groups is 1. The first kappa shape index (κ1) is 19.4. The third kappa shape index (κ3) is 4.59. The zero-order valence-corrected chi connectivity index (χ0v) is 15.9. The summed E-state index contributed by atoms with van der Waals surface area (Å²) in [4.78, 5) is 20.7. The van der Waals surface area contributed by atoms with Crippen LogP contribution in [0, 0.1) is 6.92 Å². The van der Waals surface area contributed by atoms with Crippen LogP contribution in [0.5, 0.6) is 0 Å². The topological polar surface area (TPSA) is 92.9 Å². The Morgan fingerprint density at radius 1 is 1.38 bits per heavy atom. The fraction of sp³-hybridized carbons (Fsp3) is 0.350. The predicted molar refractivity (Wildman–Crippen MR) is 106 cm³/mol. The number of nitrogen functional groups attached to an aromatic ring is 1.